The maximum Gasteiger partial charge on any atom is 0.412 e. The van der Waals surface area contributed by atoms with Gasteiger partial charge in [0, 0.05) is 11.3 Å². The third kappa shape index (κ3) is 4.31. The van der Waals surface area contributed by atoms with Crippen molar-refractivity contribution < 1.29 is 24.5 Å². The molecule has 0 heterocycles. The highest BCUT2D eigenvalue weighted by Crippen LogP contribution is 2.27. The van der Waals surface area contributed by atoms with Gasteiger partial charge in [-0.15, -0.1) is 0 Å². The number of anilines is 1. The van der Waals surface area contributed by atoms with Gasteiger partial charge in [0.15, 0.2) is 0 Å². The second-order valence-electron chi connectivity index (χ2n) is 5.14. The molecule has 3 N–H and O–H groups in total. The molecule has 1 aromatic rings. The van der Waals surface area contributed by atoms with Gasteiger partial charge in [-0.3, -0.25) is 5.32 Å². The van der Waals surface area contributed by atoms with Gasteiger partial charge in [-0.2, -0.15) is 0 Å². The summed E-state index contributed by atoms with van der Waals surface area (Å²) in [5, 5.41) is 20.9. The molecule has 0 aliphatic rings. The Bertz CT molecular complexity index is 557. The van der Waals surface area contributed by atoms with Crippen molar-refractivity contribution in [3.8, 4) is 5.75 Å². The van der Waals surface area contributed by atoms with Crippen LogP contribution >= 0.6 is 0 Å². The third-order valence-electron chi connectivity index (χ3n) is 2.23. The number of ether oxygens (including phenoxy) is 1. The van der Waals surface area contributed by atoms with Crippen LogP contribution in [0.25, 0.3) is 5.57 Å². The number of nitrogens with one attached hydrogen (secondary N) is 1. The normalized spacial score (nSPS) is 10.8. The largest absolute Gasteiger partial charge is 0.507 e. The van der Waals surface area contributed by atoms with E-state index in [0.29, 0.717) is 5.69 Å². The number of phenols is 1. The van der Waals surface area contributed by atoms with Crippen molar-refractivity contribution in [2.45, 2.75) is 26.4 Å². The van der Waals surface area contributed by atoms with Crippen LogP contribution in [-0.2, 0) is 9.53 Å². The fourth-order valence-electron chi connectivity index (χ4n) is 1.39. The van der Waals surface area contributed by atoms with E-state index < -0.39 is 17.7 Å². The van der Waals surface area contributed by atoms with Crippen molar-refractivity contribution in [2.75, 3.05) is 5.32 Å². The van der Waals surface area contributed by atoms with Crippen LogP contribution < -0.4 is 5.32 Å². The van der Waals surface area contributed by atoms with Crippen LogP contribution in [0.5, 0.6) is 5.75 Å². The smallest absolute Gasteiger partial charge is 0.412 e. The van der Waals surface area contributed by atoms with Crippen molar-refractivity contribution in [3.05, 3.63) is 30.3 Å². The van der Waals surface area contributed by atoms with Crippen LogP contribution in [0.15, 0.2) is 24.8 Å². The summed E-state index contributed by atoms with van der Waals surface area (Å²) in [6, 6.07) is 4.02. The first kappa shape index (κ1) is 15.6. The summed E-state index contributed by atoms with van der Waals surface area (Å²) in [5.41, 5.74) is -0.579. The van der Waals surface area contributed by atoms with Crippen LogP contribution in [0.3, 0.4) is 0 Å². The van der Waals surface area contributed by atoms with Crippen molar-refractivity contribution in [3.63, 3.8) is 0 Å². The molecule has 0 unspecified atom stereocenters. The predicted molar refractivity (Wildman–Crippen MR) is 74.6 cm³/mol. The van der Waals surface area contributed by atoms with Gasteiger partial charge in [0.1, 0.15) is 11.4 Å². The minimum absolute atomic E-state index is 0.0334. The van der Waals surface area contributed by atoms with Gasteiger partial charge in [-0.25, -0.2) is 9.59 Å². The summed E-state index contributed by atoms with van der Waals surface area (Å²) in [5.74, 6) is -1.48. The predicted octanol–water partition coefficient (Wildman–Crippen LogP) is 2.84. The molecule has 0 atom stereocenters. The number of carbonyl (C=O) groups is 2. The summed E-state index contributed by atoms with van der Waals surface area (Å²) in [6.45, 7) is 8.53. The highest BCUT2D eigenvalue weighted by molar-refractivity contribution is 6.15. The number of carbonyl (C=O) groups excluding carboxylic acids is 1. The second-order valence-corrected chi connectivity index (χ2v) is 5.14. The van der Waals surface area contributed by atoms with E-state index in [0.717, 1.165) is 0 Å². The third-order valence-corrected chi connectivity index (χ3v) is 2.23. The van der Waals surface area contributed by atoms with Crippen molar-refractivity contribution >= 4 is 23.3 Å². The lowest BCUT2D eigenvalue weighted by Gasteiger charge is -2.19. The Labute approximate surface area is 116 Å². The monoisotopic (exact) mass is 279 g/mol. The molecule has 0 fully saturated rings. The zero-order valence-corrected chi connectivity index (χ0v) is 11.6. The first-order valence-corrected chi connectivity index (χ1v) is 5.86. The van der Waals surface area contributed by atoms with Crippen molar-refractivity contribution in [2.24, 2.45) is 0 Å². The number of aromatic hydroxyl groups is 1. The van der Waals surface area contributed by atoms with Gasteiger partial charge in [-0.05, 0) is 39.0 Å². The topological polar surface area (TPSA) is 95.9 Å². The van der Waals surface area contributed by atoms with E-state index in [1.807, 2.05) is 0 Å². The van der Waals surface area contributed by atoms with Crippen molar-refractivity contribution in [1.82, 2.24) is 0 Å². The molecule has 6 nitrogen and oxygen atoms in total. The number of rotatable bonds is 3. The highest BCUT2D eigenvalue weighted by atomic mass is 16.6. The number of phenolic OH excluding ortho intramolecular Hbond substituents is 1. The average molecular weight is 279 g/mol. The summed E-state index contributed by atoms with van der Waals surface area (Å²) >= 11 is 0. The molecule has 0 saturated carbocycles. The van der Waals surface area contributed by atoms with E-state index in [2.05, 4.69) is 11.9 Å². The standard InChI is InChI=1S/C14H17NO5/c1-8(12(17)18)10-7-9(5-6-11(10)16)15-13(19)20-14(2,3)4/h5-7,16H,1H2,2-4H3,(H,15,19)(H,17,18). The van der Waals surface area contributed by atoms with Crippen LogP contribution in [0.1, 0.15) is 26.3 Å². The number of amides is 1. The Kier molecular flexibility index (Phi) is 4.39. The van der Waals surface area contributed by atoms with Gasteiger partial charge < -0.3 is 14.9 Å². The van der Waals surface area contributed by atoms with Gasteiger partial charge >= 0.3 is 12.1 Å². The van der Waals surface area contributed by atoms with Crippen LogP contribution in [-0.4, -0.2) is 27.9 Å². The number of benzene rings is 1. The van der Waals surface area contributed by atoms with Crippen LogP contribution in [0.4, 0.5) is 10.5 Å². The molecule has 0 radical (unpaired) electrons. The van der Waals surface area contributed by atoms with Gasteiger partial charge in [0.05, 0.1) is 5.57 Å². The van der Waals surface area contributed by atoms with E-state index in [1.54, 1.807) is 20.8 Å². The fraction of sp³-hybridized carbons (Fsp3) is 0.286. The van der Waals surface area contributed by atoms with E-state index in [4.69, 9.17) is 9.84 Å². The second kappa shape index (κ2) is 5.64. The average Bonchev–Trinajstić information content (AvgIpc) is 2.28. The molecule has 0 aliphatic carbocycles. The molecule has 1 aromatic carbocycles. The number of hydrogen-bond acceptors (Lipinski definition) is 4. The first-order chi connectivity index (χ1) is 9.10. The lowest BCUT2D eigenvalue weighted by atomic mass is 10.1. The fourth-order valence-corrected chi connectivity index (χ4v) is 1.39. The summed E-state index contributed by atoms with van der Waals surface area (Å²) in [6.07, 6.45) is -0.671. The first-order valence-electron chi connectivity index (χ1n) is 5.86. The van der Waals surface area contributed by atoms with Gasteiger partial charge in [0.2, 0.25) is 0 Å². The molecule has 1 rings (SSSR count). The molecule has 0 aromatic heterocycles. The quantitative estimate of drug-likeness (QED) is 0.584. The maximum absolute atomic E-state index is 11.6. The van der Waals surface area contributed by atoms with Gasteiger partial charge in [-0.1, -0.05) is 6.58 Å². The lowest BCUT2D eigenvalue weighted by Crippen LogP contribution is -2.27. The Morgan fingerprint density at radius 1 is 1.30 bits per heavy atom. The highest BCUT2D eigenvalue weighted by Gasteiger charge is 2.17. The maximum atomic E-state index is 11.6. The lowest BCUT2D eigenvalue weighted by molar-refractivity contribution is -0.130. The number of carboxylic acids is 1. The van der Waals surface area contributed by atoms with E-state index in [9.17, 15) is 14.7 Å². The molecule has 0 saturated heterocycles. The zero-order valence-electron chi connectivity index (χ0n) is 11.6. The molecule has 20 heavy (non-hydrogen) atoms. The van der Waals surface area contributed by atoms with E-state index in [1.165, 1.54) is 18.2 Å². The Hall–Kier alpha value is -2.50. The van der Waals surface area contributed by atoms with Crippen LogP contribution in [0, 0.1) is 0 Å². The van der Waals surface area contributed by atoms with E-state index in [-0.39, 0.29) is 16.9 Å². The molecular formula is C14H17NO5. The molecule has 108 valence electrons. The number of aliphatic carboxylic acids is 1. The zero-order chi connectivity index (χ0) is 15.5. The molecule has 6 heteroatoms. The summed E-state index contributed by atoms with van der Waals surface area (Å²) in [7, 11) is 0. The van der Waals surface area contributed by atoms with Gasteiger partial charge in [0.25, 0.3) is 0 Å². The summed E-state index contributed by atoms with van der Waals surface area (Å²) < 4.78 is 5.07. The number of carboxylic acid groups (broad SMARTS) is 1. The Morgan fingerprint density at radius 2 is 1.90 bits per heavy atom. The molecule has 1 amide bonds. The Morgan fingerprint density at radius 3 is 2.40 bits per heavy atom. The number of hydrogen-bond donors (Lipinski definition) is 3. The summed E-state index contributed by atoms with van der Waals surface area (Å²) in [4.78, 5) is 22.4. The minimum Gasteiger partial charge on any atom is -0.507 e. The van der Waals surface area contributed by atoms with Crippen molar-refractivity contribution in [1.29, 1.82) is 0 Å². The molecule has 0 spiro atoms. The van der Waals surface area contributed by atoms with Crippen LogP contribution in [0.2, 0.25) is 0 Å². The minimum atomic E-state index is -1.25. The molecular weight excluding hydrogens is 262 g/mol. The van der Waals surface area contributed by atoms with E-state index >= 15 is 0 Å². The SMILES string of the molecule is C=C(C(=O)O)c1cc(NC(=O)OC(C)(C)C)ccc1O. The Balaban J connectivity index is 2.94. The molecule has 0 aliphatic heterocycles. The molecule has 0 bridgehead atoms.